The molecule has 2 spiro atoms. The lowest BCUT2D eigenvalue weighted by Gasteiger charge is -2.71. The van der Waals surface area contributed by atoms with Crippen molar-refractivity contribution < 1.29 is 0 Å². The maximum absolute atomic E-state index is 5.13. The molecular formula is C49H41N3. The van der Waals surface area contributed by atoms with Gasteiger partial charge >= 0.3 is 0 Å². The summed E-state index contributed by atoms with van der Waals surface area (Å²) < 4.78 is 0. The summed E-state index contributed by atoms with van der Waals surface area (Å²) in [6.07, 6.45) is 7.54. The molecule has 9 atom stereocenters. The third kappa shape index (κ3) is 3.32. The molecule has 9 bridgehead atoms. The van der Waals surface area contributed by atoms with Gasteiger partial charge in [0.05, 0.1) is 22.8 Å². The second-order valence-corrected chi connectivity index (χ2v) is 17.4. The second kappa shape index (κ2) is 9.89. The van der Waals surface area contributed by atoms with Crippen molar-refractivity contribution in [3.8, 4) is 33.9 Å². The molecule has 1 aliphatic heterocycles. The van der Waals surface area contributed by atoms with Crippen molar-refractivity contribution in [2.45, 2.75) is 37.5 Å². The van der Waals surface area contributed by atoms with Crippen LogP contribution in [0.15, 0.2) is 140 Å². The quantitative estimate of drug-likeness (QED) is 0.187. The molecule has 8 saturated carbocycles. The Morgan fingerprint density at radius 1 is 0.538 bits per heavy atom. The first-order valence-electron chi connectivity index (χ1n) is 19.8. The molecule has 9 aliphatic rings. The molecule has 6 aromatic rings. The Labute approximate surface area is 305 Å². The van der Waals surface area contributed by atoms with Crippen LogP contribution in [-0.2, 0) is 5.41 Å². The van der Waals surface area contributed by atoms with Gasteiger partial charge in [-0.1, -0.05) is 97.1 Å². The van der Waals surface area contributed by atoms with Crippen LogP contribution in [0.4, 0.5) is 17.1 Å². The van der Waals surface area contributed by atoms with Gasteiger partial charge < -0.3 is 4.90 Å². The van der Waals surface area contributed by atoms with Gasteiger partial charge in [-0.3, -0.25) is 0 Å². The lowest BCUT2D eigenvalue weighted by Crippen LogP contribution is -2.67. The predicted octanol–water partition coefficient (Wildman–Crippen LogP) is 11.5. The van der Waals surface area contributed by atoms with Crippen LogP contribution in [0, 0.1) is 52.8 Å². The van der Waals surface area contributed by atoms with Gasteiger partial charge in [0, 0.05) is 27.8 Å². The van der Waals surface area contributed by atoms with Gasteiger partial charge in [0.1, 0.15) is 0 Å². The van der Waals surface area contributed by atoms with E-state index in [1.807, 2.05) is 0 Å². The Bertz CT molecular complexity index is 2310. The summed E-state index contributed by atoms with van der Waals surface area (Å²) in [5.74, 6) is 8.21. The maximum Gasteiger partial charge on any atom is 0.160 e. The summed E-state index contributed by atoms with van der Waals surface area (Å²) >= 11 is 0. The fourth-order valence-electron chi connectivity index (χ4n) is 14.9. The molecule has 0 amide bonds. The van der Waals surface area contributed by atoms with E-state index in [-0.39, 0.29) is 5.41 Å². The Kier molecular flexibility index (Phi) is 5.43. The minimum Gasteiger partial charge on any atom is -0.310 e. The molecule has 3 nitrogen and oxygen atoms in total. The molecule has 8 fully saturated rings. The smallest absolute Gasteiger partial charge is 0.160 e. The monoisotopic (exact) mass is 671 g/mol. The summed E-state index contributed by atoms with van der Waals surface area (Å²) in [6.45, 7) is 0. The Balaban J connectivity index is 0.944. The summed E-state index contributed by atoms with van der Waals surface area (Å²) in [7, 11) is 0. The number of fused-ring (bicyclic) bond motifs is 2. The standard InChI is InChI=1S/C49H41N3/c1-3-11-30(12-4-1)41-27-42(31-13-5-2-6-14-31)51-47(50-41)32-19-21-34(22-20-32)52-43-17-9-7-15-36(43)49(37-16-8-10-18-44(37)52)33-26-35-38-23-29-24-39-45(35)46(49)40(25-29)48(38,39)28-33/h1-22,27,29,33,35,38-40,45-46H,23-26,28H2. The molecule has 3 heteroatoms. The molecule has 0 saturated heterocycles. The lowest BCUT2D eigenvalue weighted by atomic mass is 9.33. The van der Waals surface area contributed by atoms with Crippen molar-refractivity contribution in [2.24, 2.45) is 52.8 Å². The average Bonchev–Trinajstić information content (AvgIpc) is 3.35. The molecule has 2 heterocycles. The SMILES string of the molecule is c1ccc(-c2cc(-c3ccccc3)nc(-c3ccc(N4c5ccccc5C5(c6ccccc64)C4CC6C7C5C5CC8CC6C5(C4)C7C8)cc3)n2)cc1. The lowest BCUT2D eigenvalue weighted by molar-refractivity contribution is -0.187. The minimum atomic E-state index is 0.129. The molecular weight excluding hydrogens is 631 g/mol. The topological polar surface area (TPSA) is 29.0 Å². The summed E-state index contributed by atoms with van der Waals surface area (Å²) in [6, 6.07) is 51.3. The number of nitrogens with zero attached hydrogens (tertiary/aromatic N) is 3. The van der Waals surface area contributed by atoms with Crippen molar-refractivity contribution in [1.82, 2.24) is 9.97 Å². The zero-order valence-electron chi connectivity index (χ0n) is 29.3. The van der Waals surface area contributed by atoms with E-state index in [1.165, 1.54) is 36.3 Å². The van der Waals surface area contributed by atoms with E-state index in [0.717, 1.165) is 81.2 Å². The number of benzene rings is 5. The number of aromatic nitrogens is 2. The number of para-hydroxylation sites is 2. The molecule has 15 rings (SSSR count). The second-order valence-electron chi connectivity index (χ2n) is 17.4. The Morgan fingerprint density at radius 2 is 1.12 bits per heavy atom. The Morgan fingerprint density at radius 3 is 1.77 bits per heavy atom. The first-order chi connectivity index (χ1) is 25.7. The number of rotatable bonds is 4. The summed E-state index contributed by atoms with van der Waals surface area (Å²) in [5, 5.41) is 0. The van der Waals surface area contributed by atoms with Crippen molar-refractivity contribution in [2.75, 3.05) is 4.90 Å². The van der Waals surface area contributed by atoms with E-state index >= 15 is 0 Å². The van der Waals surface area contributed by atoms with E-state index in [9.17, 15) is 0 Å². The third-order valence-electron chi connectivity index (χ3n) is 15.9. The average molecular weight is 672 g/mol. The van der Waals surface area contributed by atoms with E-state index in [0.29, 0.717) is 5.41 Å². The highest BCUT2D eigenvalue weighted by molar-refractivity contribution is 5.87. The van der Waals surface area contributed by atoms with Gasteiger partial charge in [0.15, 0.2) is 5.82 Å². The van der Waals surface area contributed by atoms with Crippen molar-refractivity contribution in [3.05, 3.63) is 151 Å². The number of hydrogen-bond acceptors (Lipinski definition) is 3. The first kappa shape index (κ1) is 28.6. The fraction of sp³-hybridized carbons (Fsp3) is 0.306. The van der Waals surface area contributed by atoms with Gasteiger partial charge in [-0.2, -0.15) is 0 Å². The van der Waals surface area contributed by atoms with Crippen LogP contribution in [-0.4, -0.2) is 9.97 Å². The van der Waals surface area contributed by atoms with Gasteiger partial charge in [-0.05, 0) is 138 Å². The number of hydrogen-bond donors (Lipinski definition) is 0. The van der Waals surface area contributed by atoms with E-state index in [2.05, 4.69) is 144 Å². The maximum atomic E-state index is 5.13. The molecule has 1 aromatic heterocycles. The van der Waals surface area contributed by atoms with Crippen LogP contribution in [0.2, 0.25) is 0 Å². The van der Waals surface area contributed by atoms with Crippen molar-refractivity contribution in [3.63, 3.8) is 0 Å². The van der Waals surface area contributed by atoms with E-state index in [4.69, 9.17) is 9.97 Å². The summed E-state index contributed by atoms with van der Waals surface area (Å²) in [4.78, 5) is 12.8. The zero-order valence-corrected chi connectivity index (χ0v) is 29.3. The van der Waals surface area contributed by atoms with Crippen LogP contribution < -0.4 is 4.90 Å². The molecule has 52 heavy (non-hydrogen) atoms. The first-order valence-corrected chi connectivity index (χ1v) is 19.8. The minimum absolute atomic E-state index is 0.129. The fourth-order valence-corrected chi connectivity index (χ4v) is 14.9. The highest BCUT2D eigenvalue weighted by atomic mass is 15.2. The van der Waals surface area contributed by atoms with Crippen LogP contribution in [0.3, 0.4) is 0 Å². The van der Waals surface area contributed by atoms with Crippen molar-refractivity contribution >= 4 is 17.1 Å². The highest BCUT2D eigenvalue weighted by Crippen LogP contribution is 2.90. The highest BCUT2D eigenvalue weighted by Gasteiger charge is 2.85. The molecule has 0 radical (unpaired) electrons. The predicted molar refractivity (Wildman–Crippen MR) is 207 cm³/mol. The molecule has 9 unspecified atom stereocenters. The van der Waals surface area contributed by atoms with Gasteiger partial charge in [0.25, 0.3) is 0 Å². The van der Waals surface area contributed by atoms with E-state index in [1.54, 1.807) is 24.0 Å². The van der Waals surface area contributed by atoms with Crippen LogP contribution in [0.1, 0.15) is 43.2 Å². The summed E-state index contributed by atoms with van der Waals surface area (Å²) in [5.41, 5.74) is 13.1. The van der Waals surface area contributed by atoms with Crippen LogP contribution in [0.25, 0.3) is 33.9 Å². The largest absolute Gasteiger partial charge is 0.310 e. The third-order valence-corrected chi connectivity index (χ3v) is 15.9. The molecule has 5 aromatic carbocycles. The van der Waals surface area contributed by atoms with Crippen LogP contribution in [0.5, 0.6) is 0 Å². The van der Waals surface area contributed by atoms with Gasteiger partial charge in [-0.25, -0.2) is 9.97 Å². The zero-order chi connectivity index (χ0) is 33.8. The Hall–Kier alpha value is -5.02. The number of anilines is 3. The van der Waals surface area contributed by atoms with Gasteiger partial charge in [0.2, 0.25) is 0 Å². The molecule has 252 valence electrons. The molecule has 8 aliphatic carbocycles. The normalized spacial score (nSPS) is 32.8. The van der Waals surface area contributed by atoms with Crippen LogP contribution >= 0.6 is 0 Å². The molecule has 0 N–H and O–H groups in total. The van der Waals surface area contributed by atoms with Crippen molar-refractivity contribution in [1.29, 1.82) is 0 Å². The van der Waals surface area contributed by atoms with Gasteiger partial charge in [-0.15, -0.1) is 0 Å². The van der Waals surface area contributed by atoms with E-state index < -0.39 is 0 Å².